The molecule has 2 rings (SSSR count). The van der Waals surface area contributed by atoms with E-state index in [0.717, 1.165) is 49.9 Å². The second-order valence-corrected chi connectivity index (χ2v) is 5.27. The van der Waals surface area contributed by atoms with E-state index in [2.05, 4.69) is 29.0 Å². The number of aryl methyl sites for hydroxylation is 2. The molecule has 0 aliphatic heterocycles. The summed E-state index contributed by atoms with van der Waals surface area (Å²) in [6.07, 6.45) is 6.70. The maximum atomic E-state index is 5.63. The van der Waals surface area contributed by atoms with E-state index in [4.69, 9.17) is 10.3 Å². The van der Waals surface area contributed by atoms with E-state index in [1.807, 2.05) is 12.1 Å². The van der Waals surface area contributed by atoms with Gasteiger partial charge in [0.25, 0.3) is 0 Å². The van der Waals surface area contributed by atoms with Gasteiger partial charge in [-0.2, -0.15) is 4.98 Å². The summed E-state index contributed by atoms with van der Waals surface area (Å²) in [6.45, 7) is 5.03. The number of aromatic nitrogens is 3. The molecular weight excluding hydrogens is 264 g/mol. The molecule has 1 unspecified atom stereocenters. The Kier molecular flexibility index (Phi) is 5.87. The lowest BCUT2D eigenvalue weighted by atomic mass is 9.97. The van der Waals surface area contributed by atoms with Crippen LogP contribution < -0.4 is 5.73 Å². The Balaban J connectivity index is 2.04. The summed E-state index contributed by atoms with van der Waals surface area (Å²) in [5.74, 6) is 1.91. The van der Waals surface area contributed by atoms with Crippen LogP contribution in [0.4, 0.5) is 0 Å². The molecule has 21 heavy (non-hydrogen) atoms. The molecule has 2 N–H and O–H groups in total. The number of nitrogens with zero attached hydrogens (tertiary/aromatic N) is 3. The first-order chi connectivity index (χ1) is 10.3. The molecule has 2 heterocycles. The summed E-state index contributed by atoms with van der Waals surface area (Å²) in [7, 11) is 0. The van der Waals surface area contributed by atoms with Crippen LogP contribution in [-0.4, -0.2) is 21.7 Å². The average molecular weight is 288 g/mol. The first-order valence-corrected chi connectivity index (χ1v) is 7.75. The summed E-state index contributed by atoms with van der Waals surface area (Å²) >= 11 is 0. The van der Waals surface area contributed by atoms with Gasteiger partial charge in [0.1, 0.15) is 5.69 Å². The first-order valence-electron chi connectivity index (χ1n) is 7.75. The third kappa shape index (κ3) is 4.11. The molecule has 0 radical (unpaired) electrons. The van der Waals surface area contributed by atoms with Gasteiger partial charge < -0.3 is 10.3 Å². The summed E-state index contributed by atoms with van der Waals surface area (Å²) in [5, 5.41) is 4.07. The lowest BCUT2D eigenvalue weighted by Crippen LogP contribution is -2.09. The Morgan fingerprint density at radius 2 is 2.14 bits per heavy atom. The third-order valence-corrected chi connectivity index (χ3v) is 3.87. The number of hydrogen-bond acceptors (Lipinski definition) is 5. The van der Waals surface area contributed by atoms with Crippen LogP contribution in [0.3, 0.4) is 0 Å². The van der Waals surface area contributed by atoms with Crippen molar-refractivity contribution in [2.75, 3.05) is 6.54 Å². The molecule has 0 amide bonds. The second kappa shape index (κ2) is 7.88. The fourth-order valence-corrected chi connectivity index (χ4v) is 2.49. The zero-order chi connectivity index (χ0) is 15.1. The predicted octanol–water partition coefficient (Wildman–Crippen LogP) is 3.00. The molecule has 0 saturated carbocycles. The minimum Gasteiger partial charge on any atom is -0.339 e. The van der Waals surface area contributed by atoms with Gasteiger partial charge >= 0.3 is 0 Å². The Labute approximate surface area is 126 Å². The van der Waals surface area contributed by atoms with E-state index in [-0.39, 0.29) is 0 Å². The molecule has 2 aromatic rings. The monoisotopic (exact) mass is 288 g/mol. The zero-order valence-electron chi connectivity index (χ0n) is 12.9. The number of rotatable bonds is 8. The molecule has 0 bridgehead atoms. The van der Waals surface area contributed by atoms with E-state index in [0.29, 0.717) is 17.6 Å². The quantitative estimate of drug-likeness (QED) is 0.808. The minimum absolute atomic E-state index is 0.592. The molecule has 0 saturated heterocycles. The Morgan fingerprint density at radius 1 is 1.29 bits per heavy atom. The maximum Gasteiger partial charge on any atom is 0.227 e. The van der Waals surface area contributed by atoms with Crippen LogP contribution in [-0.2, 0) is 12.8 Å². The SMILES string of the molecule is CCc1cccnc1-c1noc(CCC(CC)CCN)n1. The van der Waals surface area contributed by atoms with Gasteiger partial charge in [0.2, 0.25) is 11.7 Å². The second-order valence-electron chi connectivity index (χ2n) is 5.27. The molecule has 1 atom stereocenters. The molecule has 114 valence electrons. The summed E-state index contributed by atoms with van der Waals surface area (Å²) < 4.78 is 5.36. The Morgan fingerprint density at radius 3 is 2.86 bits per heavy atom. The Bertz CT molecular complexity index is 553. The van der Waals surface area contributed by atoms with Gasteiger partial charge in [0, 0.05) is 12.6 Å². The molecule has 0 fully saturated rings. The number of nitrogens with two attached hydrogens (primary N) is 1. The fourth-order valence-electron chi connectivity index (χ4n) is 2.49. The maximum absolute atomic E-state index is 5.63. The van der Waals surface area contributed by atoms with Gasteiger partial charge in [-0.05, 0) is 43.4 Å². The molecule has 0 aromatic carbocycles. The number of pyridine rings is 1. The van der Waals surface area contributed by atoms with Crippen LogP contribution in [0.2, 0.25) is 0 Å². The van der Waals surface area contributed by atoms with Crippen molar-refractivity contribution in [3.05, 3.63) is 29.8 Å². The van der Waals surface area contributed by atoms with Crippen LogP contribution in [0.15, 0.2) is 22.9 Å². The van der Waals surface area contributed by atoms with Crippen molar-refractivity contribution in [3.63, 3.8) is 0 Å². The van der Waals surface area contributed by atoms with Crippen LogP contribution in [0.1, 0.15) is 44.6 Å². The van der Waals surface area contributed by atoms with Crippen molar-refractivity contribution in [1.29, 1.82) is 0 Å². The smallest absolute Gasteiger partial charge is 0.227 e. The zero-order valence-corrected chi connectivity index (χ0v) is 12.9. The van der Waals surface area contributed by atoms with Crippen molar-refractivity contribution in [2.45, 2.75) is 46.0 Å². The van der Waals surface area contributed by atoms with E-state index in [1.54, 1.807) is 6.20 Å². The van der Waals surface area contributed by atoms with E-state index >= 15 is 0 Å². The van der Waals surface area contributed by atoms with Gasteiger partial charge in [-0.25, -0.2) is 0 Å². The standard InChI is InChI=1S/C16H24N4O/c1-3-12(9-10-17)7-8-14-19-16(20-21-14)15-13(4-2)6-5-11-18-15/h5-6,11-12H,3-4,7-10,17H2,1-2H3. The lowest BCUT2D eigenvalue weighted by Gasteiger charge is -2.11. The van der Waals surface area contributed by atoms with Crippen molar-refractivity contribution < 1.29 is 4.52 Å². The van der Waals surface area contributed by atoms with Gasteiger partial charge in [0.05, 0.1) is 0 Å². The predicted molar refractivity (Wildman–Crippen MR) is 82.7 cm³/mol. The summed E-state index contributed by atoms with van der Waals surface area (Å²) in [4.78, 5) is 8.86. The average Bonchev–Trinajstić information content (AvgIpc) is 3.00. The van der Waals surface area contributed by atoms with Crippen LogP contribution in [0.25, 0.3) is 11.5 Å². The highest BCUT2D eigenvalue weighted by Gasteiger charge is 2.14. The number of hydrogen-bond donors (Lipinski definition) is 1. The van der Waals surface area contributed by atoms with Crippen molar-refractivity contribution in [3.8, 4) is 11.5 Å². The summed E-state index contributed by atoms with van der Waals surface area (Å²) in [6, 6.07) is 3.98. The van der Waals surface area contributed by atoms with Crippen LogP contribution in [0.5, 0.6) is 0 Å². The normalized spacial score (nSPS) is 12.5. The van der Waals surface area contributed by atoms with Crippen molar-refractivity contribution in [2.24, 2.45) is 11.7 Å². The van der Waals surface area contributed by atoms with E-state index in [1.165, 1.54) is 0 Å². The van der Waals surface area contributed by atoms with Crippen molar-refractivity contribution >= 4 is 0 Å². The lowest BCUT2D eigenvalue weighted by molar-refractivity contribution is 0.354. The van der Waals surface area contributed by atoms with Crippen molar-refractivity contribution in [1.82, 2.24) is 15.1 Å². The highest BCUT2D eigenvalue weighted by atomic mass is 16.5. The molecule has 2 aromatic heterocycles. The minimum atomic E-state index is 0.592. The van der Waals surface area contributed by atoms with Crippen LogP contribution >= 0.6 is 0 Å². The Hall–Kier alpha value is -1.75. The summed E-state index contributed by atoms with van der Waals surface area (Å²) in [5.41, 5.74) is 7.59. The van der Waals surface area contributed by atoms with Gasteiger partial charge in [-0.1, -0.05) is 31.5 Å². The molecular formula is C16H24N4O. The topological polar surface area (TPSA) is 77.8 Å². The van der Waals surface area contributed by atoms with E-state index in [9.17, 15) is 0 Å². The third-order valence-electron chi connectivity index (χ3n) is 3.87. The highest BCUT2D eigenvalue weighted by Crippen LogP contribution is 2.20. The fraction of sp³-hybridized carbons (Fsp3) is 0.562. The largest absolute Gasteiger partial charge is 0.339 e. The highest BCUT2D eigenvalue weighted by molar-refractivity contribution is 5.53. The first kappa shape index (κ1) is 15.6. The van der Waals surface area contributed by atoms with Gasteiger partial charge in [-0.15, -0.1) is 0 Å². The molecule has 0 aliphatic carbocycles. The molecule has 0 aliphatic rings. The molecule has 0 spiro atoms. The molecule has 5 nitrogen and oxygen atoms in total. The van der Waals surface area contributed by atoms with E-state index < -0.39 is 0 Å². The van der Waals surface area contributed by atoms with Gasteiger partial charge in [0.15, 0.2) is 0 Å². The molecule has 5 heteroatoms. The van der Waals surface area contributed by atoms with Crippen LogP contribution in [0, 0.1) is 5.92 Å². The van der Waals surface area contributed by atoms with Gasteiger partial charge in [-0.3, -0.25) is 4.98 Å².